The van der Waals surface area contributed by atoms with Crippen molar-refractivity contribution in [3.05, 3.63) is 87.9 Å². The number of sulfonamides is 1. The molecule has 1 atom stereocenters. The first-order valence-corrected chi connectivity index (χ1v) is 15.3. The van der Waals surface area contributed by atoms with Gasteiger partial charge in [-0.25, -0.2) is 8.42 Å². The van der Waals surface area contributed by atoms with Crippen LogP contribution in [0, 0.1) is 6.92 Å². The maximum atomic E-state index is 14.1. The van der Waals surface area contributed by atoms with E-state index in [0.717, 1.165) is 9.87 Å². The van der Waals surface area contributed by atoms with Crippen LogP contribution in [0.4, 0.5) is 5.69 Å². The zero-order valence-corrected chi connectivity index (χ0v) is 26.1. The van der Waals surface area contributed by atoms with Crippen molar-refractivity contribution in [2.24, 2.45) is 0 Å². The molecule has 0 fully saturated rings. The molecular weight excluding hydrogens is 585 g/mol. The molecule has 0 aliphatic heterocycles. The van der Waals surface area contributed by atoms with Crippen molar-refractivity contribution in [3.63, 3.8) is 0 Å². The van der Waals surface area contributed by atoms with E-state index in [0.29, 0.717) is 22.8 Å². The first-order valence-electron chi connectivity index (χ1n) is 13.1. The summed E-state index contributed by atoms with van der Waals surface area (Å²) in [5.41, 5.74) is 1.67. The predicted molar refractivity (Wildman–Crippen MR) is 163 cm³/mol. The van der Waals surface area contributed by atoms with E-state index in [1.54, 1.807) is 43.3 Å². The Bertz CT molecular complexity index is 1480. The van der Waals surface area contributed by atoms with Crippen molar-refractivity contribution in [1.29, 1.82) is 0 Å². The topological polar surface area (TPSA) is 96.0 Å². The summed E-state index contributed by atoms with van der Waals surface area (Å²) in [6, 6.07) is 16.8. The van der Waals surface area contributed by atoms with Crippen LogP contribution in [-0.4, -0.2) is 50.9 Å². The number of benzene rings is 3. The number of amides is 2. The van der Waals surface area contributed by atoms with E-state index in [1.165, 1.54) is 42.3 Å². The molecule has 1 N–H and O–H groups in total. The van der Waals surface area contributed by atoms with Gasteiger partial charge in [0.1, 0.15) is 18.3 Å². The average Bonchev–Trinajstić information content (AvgIpc) is 2.92. The number of rotatable bonds is 12. The summed E-state index contributed by atoms with van der Waals surface area (Å²) in [5, 5.41) is 3.47. The van der Waals surface area contributed by atoms with Crippen molar-refractivity contribution < 1.29 is 22.7 Å². The molecule has 0 bridgehead atoms. The smallest absolute Gasteiger partial charge is 0.264 e. The minimum Gasteiger partial charge on any atom is -0.495 e. The Kier molecular flexibility index (Phi) is 11.1. The maximum absolute atomic E-state index is 14.1. The number of anilines is 1. The zero-order valence-electron chi connectivity index (χ0n) is 23.7. The Morgan fingerprint density at radius 3 is 2.20 bits per heavy atom. The van der Waals surface area contributed by atoms with Gasteiger partial charge in [0.05, 0.1) is 22.7 Å². The number of ether oxygens (including phenoxy) is 1. The van der Waals surface area contributed by atoms with Gasteiger partial charge in [0.15, 0.2) is 0 Å². The number of hydrogen-bond acceptors (Lipinski definition) is 5. The van der Waals surface area contributed by atoms with Crippen molar-refractivity contribution in [2.75, 3.05) is 18.0 Å². The van der Waals surface area contributed by atoms with Gasteiger partial charge in [-0.15, -0.1) is 0 Å². The van der Waals surface area contributed by atoms with Gasteiger partial charge in [0.2, 0.25) is 11.8 Å². The lowest BCUT2D eigenvalue weighted by atomic mass is 10.1. The molecule has 3 aromatic carbocycles. The molecule has 0 radical (unpaired) electrons. The molecule has 0 aliphatic carbocycles. The quantitative estimate of drug-likeness (QED) is 0.275. The first-order chi connectivity index (χ1) is 19.4. The third kappa shape index (κ3) is 7.93. The number of carbonyl (C=O) groups excluding carboxylic acids is 2. The summed E-state index contributed by atoms with van der Waals surface area (Å²) in [7, 11) is -2.78. The summed E-state index contributed by atoms with van der Waals surface area (Å²) in [5.74, 6) is -0.576. The van der Waals surface area contributed by atoms with Crippen LogP contribution in [0.5, 0.6) is 5.75 Å². The average molecular weight is 621 g/mol. The number of nitrogens with one attached hydrogen (secondary N) is 1. The largest absolute Gasteiger partial charge is 0.495 e. The highest BCUT2D eigenvalue weighted by molar-refractivity contribution is 7.92. The lowest BCUT2D eigenvalue weighted by Crippen LogP contribution is -2.53. The van der Waals surface area contributed by atoms with E-state index in [2.05, 4.69) is 5.32 Å². The maximum Gasteiger partial charge on any atom is 0.264 e. The van der Waals surface area contributed by atoms with Crippen LogP contribution in [0.1, 0.15) is 38.3 Å². The molecule has 2 amide bonds. The first kappa shape index (κ1) is 32.2. The van der Waals surface area contributed by atoms with Crippen LogP contribution in [0.25, 0.3) is 0 Å². The molecule has 8 nitrogen and oxygen atoms in total. The number of halogens is 2. The second kappa shape index (κ2) is 14.1. The highest BCUT2D eigenvalue weighted by Gasteiger charge is 2.34. The van der Waals surface area contributed by atoms with Gasteiger partial charge in [-0.2, -0.15) is 0 Å². The van der Waals surface area contributed by atoms with Crippen LogP contribution in [0.3, 0.4) is 0 Å². The van der Waals surface area contributed by atoms with Crippen molar-refractivity contribution in [3.8, 4) is 5.75 Å². The standard InChI is InChI=1S/C30H35Cl2N3O5S/c1-6-27(30(37)33-20(2)3)34(18-22-9-7-8-10-25(22)31)29(36)19-35(23-13-16-28(40-5)26(32)17-23)41(38,39)24-14-11-21(4)12-15-24/h7-17,20,27H,6,18-19H2,1-5H3,(H,33,37). The molecule has 0 saturated heterocycles. The summed E-state index contributed by atoms with van der Waals surface area (Å²) in [4.78, 5) is 28.7. The summed E-state index contributed by atoms with van der Waals surface area (Å²) in [6.45, 7) is 6.71. The molecule has 0 aromatic heterocycles. The minimum absolute atomic E-state index is 0.00428. The Hall–Kier alpha value is -3.27. The van der Waals surface area contributed by atoms with Gasteiger partial charge >= 0.3 is 0 Å². The van der Waals surface area contributed by atoms with E-state index in [1.807, 2.05) is 20.8 Å². The fourth-order valence-electron chi connectivity index (χ4n) is 4.29. The SMILES string of the molecule is CCC(C(=O)NC(C)C)N(Cc1ccccc1Cl)C(=O)CN(c1ccc(OC)c(Cl)c1)S(=O)(=O)c1ccc(C)cc1. The second-order valence-corrected chi connectivity index (χ2v) is 12.5. The van der Waals surface area contributed by atoms with Crippen LogP contribution in [0.2, 0.25) is 10.0 Å². The van der Waals surface area contributed by atoms with E-state index in [9.17, 15) is 18.0 Å². The van der Waals surface area contributed by atoms with Gasteiger partial charge in [-0.1, -0.05) is 66.0 Å². The van der Waals surface area contributed by atoms with E-state index >= 15 is 0 Å². The van der Waals surface area contributed by atoms with E-state index in [4.69, 9.17) is 27.9 Å². The Balaban J connectivity index is 2.11. The van der Waals surface area contributed by atoms with Crippen molar-refractivity contribution in [1.82, 2.24) is 10.2 Å². The number of nitrogens with zero attached hydrogens (tertiary/aromatic N) is 2. The second-order valence-electron chi connectivity index (χ2n) is 9.84. The fraction of sp³-hybridized carbons (Fsp3) is 0.333. The molecule has 0 spiro atoms. The highest BCUT2D eigenvalue weighted by Crippen LogP contribution is 2.32. The summed E-state index contributed by atoms with van der Waals surface area (Å²) >= 11 is 12.8. The fourth-order valence-corrected chi connectivity index (χ4v) is 6.14. The van der Waals surface area contributed by atoms with Crippen molar-refractivity contribution in [2.45, 2.75) is 57.6 Å². The van der Waals surface area contributed by atoms with Gasteiger partial charge in [-0.05, 0) is 69.2 Å². The molecule has 0 saturated carbocycles. The van der Waals surface area contributed by atoms with Crippen LogP contribution in [0.15, 0.2) is 71.6 Å². The number of aryl methyl sites for hydroxylation is 1. The molecule has 1 unspecified atom stereocenters. The molecule has 3 aromatic rings. The third-order valence-corrected chi connectivity index (χ3v) is 8.88. The molecule has 0 heterocycles. The predicted octanol–water partition coefficient (Wildman–Crippen LogP) is 5.84. The molecular formula is C30H35Cl2N3O5S. The van der Waals surface area contributed by atoms with E-state index < -0.39 is 28.5 Å². The number of hydrogen-bond donors (Lipinski definition) is 1. The number of methoxy groups -OCH3 is 1. The van der Waals surface area contributed by atoms with E-state index in [-0.39, 0.29) is 34.1 Å². The third-order valence-electron chi connectivity index (χ3n) is 6.43. The van der Waals surface area contributed by atoms with Gasteiger partial charge in [0.25, 0.3) is 10.0 Å². The Labute approximate surface area is 252 Å². The minimum atomic E-state index is -4.23. The highest BCUT2D eigenvalue weighted by atomic mass is 35.5. The molecule has 41 heavy (non-hydrogen) atoms. The van der Waals surface area contributed by atoms with Crippen molar-refractivity contribution >= 4 is 50.7 Å². The summed E-state index contributed by atoms with van der Waals surface area (Å²) < 4.78 is 34.2. The van der Waals surface area contributed by atoms with Crippen LogP contribution >= 0.6 is 23.2 Å². The van der Waals surface area contributed by atoms with Gasteiger partial charge in [0, 0.05) is 17.6 Å². The lowest BCUT2D eigenvalue weighted by Gasteiger charge is -2.33. The number of carbonyl (C=O) groups is 2. The molecule has 0 aliphatic rings. The molecule has 3 rings (SSSR count). The normalized spacial score (nSPS) is 12.1. The Morgan fingerprint density at radius 2 is 1.63 bits per heavy atom. The van der Waals surface area contributed by atoms with Gasteiger partial charge < -0.3 is 15.0 Å². The van der Waals surface area contributed by atoms with Crippen LogP contribution in [-0.2, 0) is 26.2 Å². The van der Waals surface area contributed by atoms with Crippen LogP contribution < -0.4 is 14.4 Å². The molecule has 11 heteroatoms. The lowest BCUT2D eigenvalue weighted by molar-refractivity contribution is -0.140. The van der Waals surface area contributed by atoms with Gasteiger partial charge in [-0.3, -0.25) is 13.9 Å². The Morgan fingerprint density at radius 1 is 0.976 bits per heavy atom. The molecule has 220 valence electrons. The monoisotopic (exact) mass is 619 g/mol. The zero-order chi connectivity index (χ0) is 30.3. The summed E-state index contributed by atoms with van der Waals surface area (Å²) in [6.07, 6.45) is 0.299.